The number of para-hydroxylation sites is 1. The lowest BCUT2D eigenvalue weighted by Crippen LogP contribution is -2.42. The Morgan fingerprint density at radius 3 is 2.61 bits per heavy atom. The molecule has 0 saturated carbocycles. The normalized spacial score (nSPS) is 17.2. The van der Waals surface area contributed by atoms with Gasteiger partial charge in [0, 0.05) is 44.6 Å². The number of carbonyl (C=O) groups excluding carboxylic acids is 1. The van der Waals surface area contributed by atoms with Crippen molar-refractivity contribution in [3.8, 4) is 16.9 Å². The molecule has 41 heavy (non-hydrogen) atoms. The average molecular weight is 553 g/mol. The van der Waals surface area contributed by atoms with Crippen molar-refractivity contribution in [2.75, 3.05) is 32.1 Å². The molecular formula is C30H32N8O3. The Morgan fingerprint density at radius 2 is 1.85 bits per heavy atom. The third kappa shape index (κ3) is 5.42. The van der Waals surface area contributed by atoms with Crippen LogP contribution in [0.15, 0.2) is 79.3 Å². The largest absolute Gasteiger partial charge is 0.383 e. The zero-order valence-corrected chi connectivity index (χ0v) is 23.2. The van der Waals surface area contributed by atoms with E-state index in [1.807, 2.05) is 90.3 Å². The molecule has 0 bridgehead atoms. The van der Waals surface area contributed by atoms with Crippen LogP contribution in [0.4, 0.5) is 10.6 Å². The number of imidazole rings is 1. The van der Waals surface area contributed by atoms with E-state index >= 15 is 0 Å². The van der Waals surface area contributed by atoms with Gasteiger partial charge < -0.3 is 14.6 Å². The topological polar surface area (TPSA) is 111 Å². The molecule has 0 radical (unpaired) electrons. The Hall–Kier alpha value is -4.58. The van der Waals surface area contributed by atoms with Gasteiger partial charge in [-0.25, -0.2) is 19.4 Å². The summed E-state index contributed by atoms with van der Waals surface area (Å²) in [7, 11) is 3.57. The van der Waals surface area contributed by atoms with Crippen LogP contribution < -0.4 is 10.6 Å². The van der Waals surface area contributed by atoms with Crippen LogP contribution >= 0.6 is 0 Å². The number of hydrogen-bond donors (Lipinski definition) is 2. The highest BCUT2D eigenvalue weighted by atomic mass is 16.7. The molecule has 2 N–H and O–H groups in total. The minimum atomic E-state index is -0.349. The summed E-state index contributed by atoms with van der Waals surface area (Å²) in [5.74, 6) is 0.566. The number of anilines is 1. The minimum Gasteiger partial charge on any atom is -0.383 e. The van der Waals surface area contributed by atoms with Gasteiger partial charge in [0.2, 0.25) is 0 Å². The first-order chi connectivity index (χ1) is 20.0. The van der Waals surface area contributed by atoms with Crippen molar-refractivity contribution in [2.45, 2.75) is 19.1 Å². The number of nitrogens with zero attached hydrogens (tertiary/aromatic N) is 6. The van der Waals surface area contributed by atoms with Crippen molar-refractivity contribution >= 4 is 23.0 Å². The van der Waals surface area contributed by atoms with Gasteiger partial charge in [0.1, 0.15) is 17.4 Å². The predicted octanol–water partition coefficient (Wildman–Crippen LogP) is 4.25. The summed E-state index contributed by atoms with van der Waals surface area (Å²) < 4.78 is 8.85. The van der Waals surface area contributed by atoms with Gasteiger partial charge in [-0.3, -0.25) is 10.2 Å². The Balaban J connectivity index is 1.30. The van der Waals surface area contributed by atoms with Gasteiger partial charge in [0.25, 0.3) is 0 Å². The first kappa shape index (κ1) is 26.6. The lowest BCUT2D eigenvalue weighted by molar-refractivity contribution is -0.154. The van der Waals surface area contributed by atoms with Crippen LogP contribution in [-0.4, -0.2) is 68.3 Å². The first-order valence-corrected chi connectivity index (χ1v) is 13.5. The second-order valence-electron chi connectivity index (χ2n) is 10.0. The van der Waals surface area contributed by atoms with E-state index in [-0.39, 0.29) is 18.2 Å². The molecule has 2 amide bonds. The summed E-state index contributed by atoms with van der Waals surface area (Å²) in [5, 5.41) is 13.0. The van der Waals surface area contributed by atoms with E-state index in [1.165, 1.54) is 0 Å². The molecule has 1 aliphatic heterocycles. The third-order valence-corrected chi connectivity index (χ3v) is 7.20. The average Bonchev–Trinajstić information content (AvgIpc) is 3.68. The number of nitrogens with one attached hydrogen (secondary N) is 2. The van der Waals surface area contributed by atoms with Crippen LogP contribution in [0, 0.1) is 6.92 Å². The fraction of sp³-hybridized carbons (Fsp3) is 0.267. The molecule has 1 aliphatic rings. The van der Waals surface area contributed by atoms with Crippen LogP contribution in [-0.2, 0) is 16.6 Å². The zero-order chi connectivity index (χ0) is 28.3. The van der Waals surface area contributed by atoms with E-state index in [1.54, 1.807) is 24.3 Å². The molecule has 11 heteroatoms. The van der Waals surface area contributed by atoms with Gasteiger partial charge >= 0.3 is 6.03 Å². The van der Waals surface area contributed by atoms with Gasteiger partial charge in [-0.2, -0.15) is 10.2 Å². The Kier molecular flexibility index (Phi) is 7.47. The summed E-state index contributed by atoms with van der Waals surface area (Å²) in [6.45, 7) is 3.58. The van der Waals surface area contributed by atoms with Gasteiger partial charge in [0.05, 0.1) is 30.4 Å². The molecule has 0 unspecified atom stereocenters. The highest BCUT2D eigenvalue weighted by molar-refractivity contribution is 5.91. The highest BCUT2D eigenvalue weighted by Gasteiger charge is 2.36. The molecule has 0 aliphatic carbocycles. The number of amides is 2. The quantitative estimate of drug-likeness (QED) is 0.296. The number of aromatic nitrogens is 5. The maximum atomic E-state index is 13.5. The van der Waals surface area contributed by atoms with Crippen LogP contribution in [0.25, 0.3) is 28.1 Å². The maximum Gasteiger partial charge on any atom is 0.320 e. The van der Waals surface area contributed by atoms with Crippen molar-refractivity contribution in [3.63, 3.8) is 0 Å². The van der Waals surface area contributed by atoms with Crippen LogP contribution in [0.5, 0.6) is 0 Å². The lowest BCUT2D eigenvalue weighted by atomic mass is 10.0. The molecule has 3 aromatic heterocycles. The van der Waals surface area contributed by atoms with Gasteiger partial charge in [0.15, 0.2) is 5.65 Å². The second kappa shape index (κ2) is 11.5. The van der Waals surface area contributed by atoms with E-state index in [0.29, 0.717) is 31.2 Å². The standard InChI is InChI=1S/C30H32N8O3/c1-20-26(22-16-24-29(31-17-22)36(2)19-32-24)35-38(23-12-8-5-9-13-23)28(20)34-30(39)33-25-18-37(14-15-40-3)41-27(25)21-10-6-4-7-11-21/h4-13,16-17,19,25,27H,14-15,18H2,1-3H3,(H2,33,34,39)/t25-,27+/m1/s1. The van der Waals surface area contributed by atoms with Gasteiger partial charge in [-0.15, -0.1) is 0 Å². The molecule has 1 fully saturated rings. The predicted molar refractivity (Wildman–Crippen MR) is 155 cm³/mol. The number of hydroxylamine groups is 2. The van der Waals surface area contributed by atoms with Gasteiger partial charge in [-0.05, 0) is 30.7 Å². The Bertz CT molecular complexity index is 1650. The molecular weight excluding hydrogens is 520 g/mol. The number of carbonyl (C=O) groups is 1. The number of benzene rings is 2. The molecule has 1 saturated heterocycles. The summed E-state index contributed by atoms with van der Waals surface area (Å²) in [6, 6.07) is 21.0. The molecule has 210 valence electrons. The monoisotopic (exact) mass is 552 g/mol. The van der Waals surface area contributed by atoms with Crippen molar-refractivity contribution in [1.29, 1.82) is 0 Å². The second-order valence-corrected chi connectivity index (χ2v) is 10.0. The SMILES string of the molecule is COCCN1C[C@@H](NC(=O)Nc2c(C)c(-c3cnc4c(c3)ncn4C)nn2-c2ccccc2)[C@H](c2ccccc2)O1. The lowest BCUT2D eigenvalue weighted by Gasteiger charge is -2.19. The van der Waals surface area contributed by atoms with E-state index in [9.17, 15) is 4.79 Å². The number of rotatable bonds is 8. The number of ether oxygens (including phenoxy) is 1. The number of hydrogen-bond acceptors (Lipinski definition) is 7. The van der Waals surface area contributed by atoms with Crippen molar-refractivity contribution in [2.24, 2.45) is 7.05 Å². The summed E-state index contributed by atoms with van der Waals surface area (Å²) in [4.78, 5) is 28.8. The Morgan fingerprint density at radius 1 is 1.10 bits per heavy atom. The summed E-state index contributed by atoms with van der Waals surface area (Å²) in [6.07, 6.45) is 3.19. The number of fused-ring (bicyclic) bond motifs is 1. The van der Waals surface area contributed by atoms with E-state index < -0.39 is 0 Å². The summed E-state index contributed by atoms with van der Waals surface area (Å²) in [5.41, 5.74) is 5.71. The molecule has 5 aromatic rings. The fourth-order valence-electron chi connectivity index (χ4n) is 5.12. The van der Waals surface area contributed by atoms with Crippen LogP contribution in [0.2, 0.25) is 0 Å². The van der Waals surface area contributed by atoms with Gasteiger partial charge in [-0.1, -0.05) is 48.5 Å². The molecule has 2 atom stereocenters. The fourth-order valence-corrected chi connectivity index (χ4v) is 5.12. The maximum absolute atomic E-state index is 13.5. The highest BCUT2D eigenvalue weighted by Crippen LogP contribution is 2.32. The minimum absolute atomic E-state index is 0.280. The van der Waals surface area contributed by atoms with Crippen molar-refractivity contribution in [3.05, 3.63) is 90.4 Å². The number of methoxy groups -OCH3 is 1. The molecule has 6 rings (SSSR count). The van der Waals surface area contributed by atoms with Crippen LogP contribution in [0.3, 0.4) is 0 Å². The smallest absolute Gasteiger partial charge is 0.320 e. The van der Waals surface area contributed by atoms with E-state index in [0.717, 1.165) is 33.5 Å². The molecule has 4 heterocycles. The number of aryl methyl sites for hydroxylation is 1. The number of pyridine rings is 1. The third-order valence-electron chi connectivity index (χ3n) is 7.20. The first-order valence-electron chi connectivity index (χ1n) is 13.5. The van der Waals surface area contributed by atoms with Crippen molar-refractivity contribution in [1.82, 2.24) is 34.7 Å². The van der Waals surface area contributed by atoms with E-state index in [2.05, 4.69) is 20.6 Å². The van der Waals surface area contributed by atoms with Crippen molar-refractivity contribution < 1.29 is 14.4 Å². The number of urea groups is 1. The molecule has 11 nitrogen and oxygen atoms in total. The molecule has 0 spiro atoms. The molecule has 2 aromatic carbocycles. The van der Waals surface area contributed by atoms with Crippen LogP contribution in [0.1, 0.15) is 17.2 Å². The Labute approximate surface area is 237 Å². The van der Waals surface area contributed by atoms with E-state index in [4.69, 9.17) is 14.7 Å². The zero-order valence-electron chi connectivity index (χ0n) is 23.2. The summed E-state index contributed by atoms with van der Waals surface area (Å²) >= 11 is 0.